The van der Waals surface area contributed by atoms with Crippen LogP contribution in [0.4, 0.5) is 0 Å². The summed E-state index contributed by atoms with van der Waals surface area (Å²) >= 11 is 5.45. The lowest BCUT2D eigenvalue weighted by Gasteiger charge is -2.22. The van der Waals surface area contributed by atoms with Crippen LogP contribution >= 0.6 is 24.0 Å². The van der Waals surface area contributed by atoms with E-state index in [4.69, 9.17) is 11.6 Å². The van der Waals surface area contributed by atoms with Crippen LogP contribution in [0.3, 0.4) is 0 Å². The highest BCUT2D eigenvalue weighted by Crippen LogP contribution is 2.00. The van der Waals surface area contributed by atoms with Crippen LogP contribution in [0.5, 0.6) is 0 Å². The van der Waals surface area contributed by atoms with Gasteiger partial charge in [-0.05, 0) is 12.3 Å². The molecule has 0 spiro atoms. The predicted molar refractivity (Wildman–Crippen MR) is 53.8 cm³/mol. The van der Waals surface area contributed by atoms with Crippen LogP contribution in [0.1, 0.15) is 0 Å². The Labute approximate surface area is 83.9 Å². The average Bonchev–Trinajstić information content (AvgIpc) is 2.06. The molecule has 70 valence electrons. The molecule has 1 atom stereocenters. The molecule has 0 radical (unpaired) electrons. The van der Waals surface area contributed by atoms with Gasteiger partial charge in [0.15, 0.2) is 0 Å². The molecule has 0 fully saturated rings. The molecule has 1 aliphatic heterocycles. The maximum absolute atomic E-state index is 9.18. The molecule has 2 nitrogen and oxygen atoms in total. The van der Waals surface area contributed by atoms with Gasteiger partial charge in [0.1, 0.15) is 0 Å². The molecule has 0 aromatic carbocycles. The minimum Gasteiger partial charge on any atom is -0.390 e. The summed E-state index contributed by atoms with van der Waals surface area (Å²) in [7, 11) is 0. The first kappa shape index (κ1) is 11.8. The monoisotopic (exact) mass is 209 g/mol. The molecular formula is C8H13Cl2NO. The minimum atomic E-state index is -0.423. The molecule has 12 heavy (non-hydrogen) atoms. The third kappa shape index (κ3) is 4.00. The molecule has 1 rings (SSSR count). The van der Waals surface area contributed by atoms with E-state index in [1.165, 1.54) is 0 Å². The first-order chi connectivity index (χ1) is 5.33. The Bertz CT molecular complexity index is 170. The predicted octanol–water partition coefficient (Wildman–Crippen LogP) is 1.39. The maximum Gasteiger partial charge on any atom is 0.0850 e. The molecule has 0 aromatic heterocycles. The SMILES string of the molecule is Cl.OC(CCl)CN1C=CC=CC1. The average molecular weight is 210 g/mol. The quantitative estimate of drug-likeness (QED) is 0.711. The Morgan fingerprint density at radius 1 is 1.50 bits per heavy atom. The van der Waals surface area contributed by atoms with Crippen molar-refractivity contribution in [2.24, 2.45) is 0 Å². The number of hydrogen-bond acceptors (Lipinski definition) is 2. The second-order valence-corrected chi connectivity index (χ2v) is 2.84. The first-order valence-electron chi connectivity index (χ1n) is 3.64. The number of aliphatic hydroxyl groups excluding tert-OH is 1. The van der Waals surface area contributed by atoms with Gasteiger partial charge in [0.05, 0.1) is 12.0 Å². The van der Waals surface area contributed by atoms with Crippen molar-refractivity contribution in [2.75, 3.05) is 19.0 Å². The topological polar surface area (TPSA) is 23.5 Å². The summed E-state index contributed by atoms with van der Waals surface area (Å²) in [6.45, 7) is 1.48. The van der Waals surface area contributed by atoms with E-state index in [9.17, 15) is 5.11 Å². The Hall–Kier alpha value is -0.180. The molecule has 4 heteroatoms. The van der Waals surface area contributed by atoms with Crippen molar-refractivity contribution in [1.82, 2.24) is 4.90 Å². The fourth-order valence-corrected chi connectivity index (χ4v) is 1.06. The molecule has 1 heterocycles. The normalized spacial score (nSPS) is 17.3. The number of hydrogen-bond donors (Lipinski definition) is 1. The fourth-order valence-electron chi connectivity index (χ4n) is 0.962. The zero-order valence-electron chi connectivity index (χ0n) is 6.69. The Morgan fingerprint density at radius 3 is 2.75 bits per heavy atom. The molecule has 1 unspecified atom stereocenters. The van der Waals surface area contributed by atoms with Crippen LogP contribution in [0.2, 0.25) is 0 Å². The third-order valence-corrected chi connectivity index (χ3v) is 1.86. The third-order valence-electron chi connectivity index (χ3n) is 1.51. The zero-order chi connectivity index (χ0) is 8.10. The van der Waals surface area contributed by atoms with Gasteiger partial charge in [0.25, 0.3) is 0 Å². The van der Waals surface area contributed by atoms with Crippen LogP contribution in [0, 0.1) is 0 Å². The molecule has 0 aromatic rings. The standard InChI is InChI=1S/C8H12ClNO.ClH/c9-6-8(11)7-10-4-2-1-3-5-10;/h1-4,8,11H,5-7H2;1H. The van der Waals surface area contributed by atoms with Gasteiger partial charge in [-0.15, -0.1) is 24.0 Å². The van der Waals surface area contributed by atoms with Gasteiger partial charge >= 0.3 is 0 Å². The van der Waals surface area contributed by atoms with E-state index < -0.39 is 6.10 Å². The smallest absolute Gasteiger partial charge is 0.0850 e. The number of halogens is 2. The van der Waals surface area contributed by atoms with E-state index in [2.05, 4.69) is 0 Å². The van der Waals surface area contributed by atoms with E-state index >= 15 is 0 Å². The molecule has 1 aliphatic rings. The number of nitrogens with zero attached hydrogens (tertiary/aromatic N) is 1. The maximum atomic E-state index is 9.18. The molecule has 0 amide bonds. The lowest BCUT2D eigenvalue weighted by Crippen LogP contribution is -2.30. The van der Waals surface area contributed by atoms with Crippen molar-refractivity contribution < 1.29 is 5.11 Å². The van der Waals surface area contributed by atoms with Crippen molar-refractivity contribution in [1.29, 1.82) is 0 Å². The summed E-state index contributed by atoms with van der Waals surface area (Å²) < 4.78 is 0. The van der Waals surface area contributed by atoms with Gasteiger partial charge in [0.2, 0.25) is 0 Å². The zero-order valence-corrected chi connectivity index (χ0v) is 8.26. The van der Waals surface area contributed by atoms with E-state index in [-0.39, 0.29) is 12.4 Å². The molecule has 0 aliphatic carbocycles. The summed E-state index contributed by atoms with van der Waals surface area (Å²) in [6.07, 6.45) is 7.51. The lowest BCUT2D eigenvalue weighted by molar-refractivity contribution is 0.158. The van der Waals surface area contributed by atoms with Crippen LogP contribution in [0.15, 0.2) is 24.4 Å². The fraction of sp³-hybridized carbons (Fsp3) is 0.500. The van der Waals surface area contributed by atoms with E-state index in [1.54, 1.807) is 0 Å². The van der Waals surface area contributed by atoms with Gasteiger partial charge in [-0.3, -0.25) is 0 Å². The molecule has 0 bridgehead atoms. The number of rotatable bonds is 3. The summed E-state index contributed by atoms with van der Waals surface area (Å²) in [5.41, 5.74) is 0. The van der Waals surface area contributed by atoms with Gasteiger partial charge < -0.3 is 10.0 Å². The van der Waals surface area contributed by atoms with Crippen molar-refractivity contribution in [3.05, 3.63) is 24.4 Å². The molecule has 0 saturated heterocycles. The molecule has 1 N–H and O–H groups in total. The van der Waals surface area contributed by atoms with Gasteiger partial charge in [-0.25, -0.2) is 0 Å². The van der Waals surface area contributed by atoms with Crippen LogP contribution in [-0.4, -0.2) is 35.1 Å². The second-order valence-electron chi connectivity index (χ2n) is 2.53. The first-order valence-corrected chi connectivity index (χ1v) is 4.18. The van der Waals surface area contributed by atoms with E-state index in [0.29, 0.717) is 12.4 Å². The number of aliphatic hydroxyl groups is 1. The summed E-state index contributed by atoms with van der Waals surface area (Å²) in [4.78, 5) is 2.02. The Morgan fingerprint density at radius 2 is 2.25 bits per heavy atom. The molecular weight excluding hydrogens is 197 g/mol. The number of β-amino-alcohol motifs (C(OH)–C–C–N with tert-alkyl or cyclic N) is 1. The van der Waals surface area contributed by atoms with Crippen molar-refractivity contribution >= 4 is 24.0 Å². The van der Waals surface area contributed by atoms with Crippen LogP contribution in [-0.2, 0) is 0 Å². The molecule has 0 saturated carbocycles. The Kier molecular flexibility index (Phi) is 6.25. The minimum absolute atomic E-state index is 0. The summed E-state index contributed by atoms with van der Waals surface area (Å²) in [5.74, 6) is 0.300. The van der Waals surface area contributed by atoms with Crippen LogP contribution < -0.4 is 0 Å². The van der Waals surface area contributed by atoms with Gasteiger partial charge in [-0.2, -0.15) is 0 Å². The highest BCUT2D eigenvalue weighted by Gasteiger charge is 2.06. The Balaban J connectivity index is 0.00000121. The highest BCUT2D eigenvalue weighted by molar-refractivity contribution is 6.18. The van der Waals surface area contributed by atoms with E-state index in [0.717, 1.165) is 6.54 Å². The van der Waals surface area contributed by atoms with Gasteiger partial charge in [-0.1, -0.05) is 12.2 Å². The van der Waals surface area contributed by atoms with Gasteiger partial charge in [0, 0.05) is 13.1 Å². The van der Waals surface area contributed by atoms with E-state index in [1.807, 2.05) is 29.3 Å². The summed E-state index contributed by atoms with van der Waals surface area (Å²) in [6, 6.07) is 0. The highest BCUT2D eigenvalue weighted by atomic mass is 35.5. The number of allylic oxidation sites excluding steroid dienone is 2. The van der Waals surface area contributed by atoms with Crippen molar-refractivity contribution in [2.45, 2.75) is 6.10 Å². The van der Waals surface area contributed by atoms with Crippen molar-refractivity contribution in [3.8, 4) is 0 Å². The van der Waals surface area contributed by atoms with Crippen LogP contribution in [0.25, 0.3) is 0 Å². The lowest BCUT2D eigenvalue weighted by atomic mass is 10.3. The summed E-state index contributed by atoms with van der Waals surface area (Å²) in [5, 5.41) is 9.18. The second kappa shape index (κ2) is 6.35. The largest absolute Gasteiger partial charge is 0.390 e. The van der Waals surface area contributed by atoms with Crippen molar-refractivity contribution in [3.63, 3.8) is 0 Å². The number of alkyl halides is 1.